The maximum Gasteiger partial charge on any atom is 0.308 e. The first-order valence-electron chi connectivity index (χ1n) is 8.97. The summed E-state index contributed by atoms with van der Waals surface area (Å²) >= 11 is 0. The van der Waals surface area contributed by atoms with Crippen LogP contribution in [0, 0.1) is 5.92 Å². The van der Waals surface area contributed by atoms with Gasteiger partial charge in [0.25, 0.3) is 0 Å². The van der Waals surface area contributed by atoms with Crippen molar-refractivity contribution in [1.82, 2.24) is 15.5 Å². The van der Waals surface area contributed by atoms with E-state index >= 15 is 0 Å². The van der Waals surface area contributed by atoms with Crippen LogP contribution in [0.2, 0.25) is 0 Å². The monoisotopic (exact) mass is 357 g/mol. The van der Waals surface area contributed by atoms with E-state index in [1.54, 1.807) is 0 Å². The Hall–Kier alpha value is -2.70. The fourth-order valence-electron chi connectivity index (χ4n) is 2.75. The van der Waals surface area contributed by atoms with Gasteiger partial charge in [-0.05, 0) is 31.2 Å². The molecule has 1 atom stereocenters. The zero-order valence-electron chi connectivity index (χ0n) is 14.6. The first kappa shape index (κ1) is 18.1. The second-order valence-corrected chi connectivity index (χ2v) is 6.70. The van der Waals surface area contributed by atoms with Gasteiger partial charge in [0.05, 0.1) is 5.92 Å². The second kappa shape index (κ2) is 8.60. The van der Waals surface area contributed by atoms with E-state index in [0.717, 1.165) is 24.2 Å². The summed E-state index contributed by atoms with van der Waals surface area (Å²) in [6, 6.07) is 9.41. The van der Waals surface area contributed by atoms with Crippen molar-refractivity contribution in [2.24, 2.45) is 5.92 Å². The van der Waals surface area contributed by atoms with Crippen LogP contribution in [0.25, 0.3) is 0 Å². The van der Waals surface area contributed by atoms with E-state index in [9.17, 15) is 14.7 Å². The largest absolute Gasteiger partial charge is 0.481 e. The quantitative estimate of drug-likeness (QED) is 0.676. The Bertz CT molecular complexity index is 740. The highest BCUT2D eigenvalue weighted by molar-refractivity contribution is 5.77. The number of amides is 1. The zero-order chi connectivity index (χ0) is 18.4. The minimum atomic E-state index is -0.910. The molecule has 1 aliphatic carbocycles. The van der Waals surface area contributed by atoms with Crippen molar-refractivity contribution in [1.29, 1.82) is 0 Å². The van der Waals surface area contributed by atoms with Crippen LogP contribution in [-0.2, 0) is 22.4 Å². The van der Waals surface area contributed by atoms with Crippen molar-refractivity contribution in [3.05, 3.63) is 47.6 Å². The van der Waals surface area contributed by atoms with Crippen LogP contribution in [0.4, 0.5) is 0 Å². The number of carboxylic acid groups (broad SMARTS) is 1. The van der Waals surface area contributed by atoms with E-state index in [4.69, 9.17) is 4.52 Å². The zero-order valence-corrected chi connectivity index (χ0v) is 14.6. The van der Waals surface area contributed by atoms with E-state index in [1.807, 2.05) is 30.3 Å². The third-order valence-corrected chi connectivity index (χ3v) is 4.44. The lowest BCUT2D eigenvalue weighted by Gasteiger charge is -2.13. The van der Waals surface area contributed by atoms with Crippen molar-refractivity contribution < 1.29 is 19.2 Å². The van der Waals surface area contributed by atoms with Gasteiger partial charge in [-0.3, -0.25) is 9.59 Å². The molecule has 7 nitrogen and oxygen atoms in total. The lowest BCUT2D eigenvalue weighted by Crippen LogP contribution is -2.34. The van der Waals surface area contributed by atoms with Crippen molar-refractivity contribution >= 4 is 11.9 Å². The molecule has 2 aromatic rings. The number of aromatic nitrogens is 2. The number of nitrogens with zero attached hydrogens (tertiary/aromatic N) is 2. The third kappa shape index (κ3) is 5.40. The summed E-state index contributed by atoms with van der Waals surface area (Å²) in [4.78, 5) is 27.7. The molecule has 0 aliphatic heterocycles. The molecule has 1 amide bonds. The Morgan fingerprint density at radius 1 is 1.27 bits per heavy atom. The molecule has 138 valence electrons. The Morgan fingerprint density at radius 3 is 2.73 bits per heavy atom. The molecule has 2 N–H and O–H groups in total. The summed E-state index contributed by atoms with van der Waals surface area (Å²) in [6.07, 6.45) is 4.08. The molecule has 1 aromatic heterocycles. The van der Waals surface area contributed by atoms with Crippen molar-refractivity contribution in [2.45, 2.75) is 44.4 Å². The topological polar surface area (TPSA) is 105 Å². The van der Waals surface area contributed by atoms with Gasteiger partial charge >= 0.3 is 5.97 Å². The van der Waals surface area contributed by atoms with Crippen LogP contribution in [0.3, 0.4) is 0 Å². The molecule has 3 rings (SSSR count). The minimum Gasteiger partial charge on any atom is -0.481 e. The maximum atomic E-state index is 12.0. The average molecular weight is 357 g/mol. The fraction of sp³-hybridized carbons (Fsp3) is 0.474. The van der Waals surface area contributed by atoms with Crippen LogP contribution in [0.1, 0.15) is 48.9 Å². The van der Waals surface area contributed by atoms with Gasteiger partial charge in [-0.2, -0.15) is 4.98 Å². The van der Waals surface area contributed by atoms with Crippen LogP contribution >= 0.6 is 0 Å². The Morgan fingerprint density at radius 2 is 2.04 bits per heavy atom. The second-order valence-electron chi connectivity index (χ2n) is 6.70. The summed E-state index contributed by atoms with van der Waals surface area (Å²) in [7, 11) is 0. The molecule has 1 fully saturated rings. The van der Waals surface area contributed by atoms with E-state index in [2.05, 4.69) is 15.5 Å². The SMILES string of the molecule is O=C(CCCc1nc(C2CC2)no1)NCC(Cc1ccccc1)C(=O)O. The molecule has 1 saturated carbocycles. The normalized spacial score (nSPS) is 14.8. The van der Waals surface area contributed by atoms with Crippen LogP contribution in [0.5, 0.6) is 0 Å². The predicted molar refractivity (Wildman–Crippen MR) is 93.5 cm³/mol. The van der Waals surface area contributed by atoms with E-state index in [-0.39, 0.29) is 12.5 Å². The molecule has 0 radical (unpaired) electrons. The molecule has 1 unspecified atom stereocenters. The van der Waals surface area contributed by atoms with Gasteiger partial charge in [-0.1, -0.05) is 35.5 Å². The first-order valence-corrected chi connectivity index (χ1v) is 8.97. The standard InChI is InChI=1S/C19H23N3O4/c23-16(7-4-8-17-21-18(22-26-17)14-9-10-14)20-12-15(19(24)25)11-13-5-2-1-3-6-13/h1-3,5-6,14-15H,4,7-12H2,(H,20,23)(H,24,25). The number of hydrogen-bond donors (Lipinski definition) is 2. The van der Waals surface area contributed by atoms with Crippen molar-refractivity contribution in [3.63, 3.8) is 0 Å². The summed E-state index contributed by atoms with van der Waals surface area (Å²) in [6.45, 7) is 0.120. The number of hydrogen-bond acceptors (Lipinski definition) is 5. The highest BCUT2D eigenvalue weighted by atomic mass is 16.5. The number of carbonyl (C=O) groups is 2. The maximum absolute atomic E-state index is 12.0. The Balaban J connectivity index is 1.38. The molecular formula is C19H23N3O4. The summed E-state index contributed by atoms with van der Waals surface area (Å²) in [5.74, 6) is 0.0764. The van der Waals surface area contributed by atoms with E-state index < -0.39 is 11.9 Å². The van der Waals surface area contributed by atoms with Gasteiger partial charge < -0.3 is 14.9 Å². The lowest BCUT2D eigenvalue weighted by atomic mass is 9.99. The highest BCUT2D eigenvalue weighted by Gasteiger charge is 2.28. The molecule has 1 aromatic carbocycles. The molecule has 26 heavy (non-hydrogen) atoms. The van der Waals surface area contributed by atoms with Crippen molar-refractivity contribution in [2.75, 3.05) is 6.54 Å². The number of aliphatic carboxylic acids is 1. The van der Waals surface area contributed by atoms with Crippen molar-refractivity contribution in [3.8, 4) is 0 Å². The molecular weight excluding hydrogens is 334 g/mol. The third-order valence-electron chi connectivity index (χ3n) is 4.44. The number of benzene rings is 1. The van der Waals surface area contributed by atoms with Gasteiger partial charge in [-0.15, -0.1) is 0 Å². The Kier molecular flexibility index (Phi) is 5.99. The molecule has 1 aliphatic rings. The highest BCUT2D eigenvalue weighted by Crippen LogP contribution is 2.38. The Labute approximate surface area is 151 Å². The fourth-order valence-corrected chi connectivity index (χ4v) is 2.75. The number of aryl methyl sites for hydroxylation is 1. The summed E-state index contributed by atoms with van der Waals surface area (Å²) in [5, 5.41) is 16.0. The minimum absolute atomic E-state index is 0.120. The van der Waals surface area contributed by atoms with Gasteiger partial charge in [0.1, 0.15) is 0 Å². The number of carboxylic acids is 1. The molecule has 7 heteroatoms. The molecule has 0 spiro atoms. The molecule has 1 heterocycles. The van der Waals surface area contributed by atoms with Gasteiger partial charge in [-0.25, -0.2) is 0 Å². The van der Waals surface area contributed by atoms with Gasteiger partial charge in [0.2, 0.25) is 11.8 Å². The number of carbonyl (C=O) groups excluding carboxylic acids is 1. The van der Waals surface area contributed by atoms with E-state index in [0.29, 0.717) is 37.5 Å². The summed E-state index contributed by atoms with van der Waals surface area (Å²) < 4.78 is 5.17. The summed E-state index contributed by atoms with van der Waals surface area (Å²) in [5.41, 5.74) is 0.942. The van der Waals surface area contributed by atoms with E-state index in [1.165, 1.54) is 0 Å². The average Bonchev–Trinajstić information content (AvgIpc) is 3.38. The molecule has 0 bridgehead atoms. The van der Waals surface area contributed by atoms with Crippen LogP contribution in [-0.4, -0.2) is 33.7 Å². The number of rotatable bonds is 10. The predicted octanol–water partition coefficient (Wildman–Crippen LogP) is 2.33. The smallest absolute Gasteiger partial charge is 0.308 e. The number of nitrogens with one attached hydrogen (secondary N) is 1. The lowest BCUT2D eigenvalue weighted by molar-refractivity contribution is -0.141. The van der Waals surface area contributed by atoms with Gasteiger partial charge in [0, 0.05) is 25.3 Å². The van der Waals surface area contributed by atoms with Crippen LogP contribution < -0.4 is 5.32 Å². The molecule has 0 saturated heterocycles. The first-order chi connectivity index (χ1) is 12.6. The van der Waals surface area contributed by atoms with Gasteiger partial charge in [0.15, 0.2) is 5.82 Å². The van der Waals surface area contributed by atoms with Crippen LogP contribution in [0.15, 0.2) is 34.9 Å².